The first kappa shape index (κ1) is 14.8. The molecule has 0 aliphatic carbocycles. The zero-order chi connectivity index (χ0) is 14.8. The molecule has 2 aromatic rings. The highest BCUT2D eigenvalue weighted by Crippen LogP contribution is 2.36. The average Bonchev–Trinajstić information content (AvgIpc) is 2.40. The normalized spacial score (nSPS) is 11.2. The molecule has 0 atom stereocenters. The summed E-state index contributed by atoms with van der Waals surface area (Å²) in [6, 6.07) is 12.0. The van der Waals surface area contributed by atoms with Gasteiger partial charge in [-0.1, -0.05) is 23.4 Å². The Morgan fingerprint density at radius 3 is 2.15 bits per heavy atom. The Labute approximate surface area is 123 Å². The van der Waals surface area contributed by atoms with Gasteiger partial charge in [0, 0.05) is 14.8 Å². The lowest BCUT2D eigenvalue weighted by Crippen LogP contribution is -2.07. The maximum Gasteiger partial charge on any atom is 0.417 e. The van der Waals surface area contributed by atoms with Crippen LogP contribution < -0.4 is 0 Å². The molecule has 0 bridgehead atoms. The number of hydrogen-bond donors (Lipinski definition) is 0. The van der Waals surface area contributed by atoms with Gasteiger partial charge in [-0.15, -0.1) is 0 Å². The van der Waals surface area contributed by atoms with Gasteiger partial charge in [0.25, 0.3) is 0 Å². The highest BCUT2D eigenvalue weighted by molar-refractivity contribution is 7.99. The van der Waals surface area contributed by atoms with Crippen molar-refractivity contribution >= 4 is 23.4 Å². The van der Waals surface area contributed by atoms with E-state index in [1.807, 2.05) is 0 Å². The van der Waals surface area contributed by atoms with Crippen molar-refractivity contribution in [2.75, 3.05) is 0 Å². The van der Waals surface area contributed by atoms with E-state index in [2.05, 4.69) is 0 Å². The first-order valence-corrected chi connectivity index (χ1v) is 6.64. The van der Waals surface area contributed by atoms with Crippen molar-refractivity contribution in [1.82, 2.24) is 0 Å². The van der Waals surface area contributed by atoms with E-state index >= 15 is 0 Å². The fourth-order valence-corrected chi connectivity index (χ4v) is 2.54. The van der Waals surface area contributed by atoms with Crippen molar-refractivity contribution in [3.05, 3.63) is 58.6 Å². The van der Waals surface area contributed by atoms with E-state index < -0.39 is 11.7 Å². The lowest BCUT2D eigenvalue weighted by atomic mass is 10.1. The summed E-state index contributed by atoms with van der Waals surface area (Å²) in [6.07, 6.45) is -4.54. The summed E-state index contributed by atoms with van der Waals surface area (Å²) in [7, 11) is 0. The quantitative estimate of drug-likeness (QED) is 0.743. The van der Waals surface area contributed by atoms with Gasteiger partial charge in [-0.25, -0.2) is 0 Å². The highest BCUT2D eigenvalue weighted by Gasteiger charge is 2.33. The third-order valence-corrected chi connectivity index (χ3v) is 3.72. The van der Waals surface area contributed by atoms with Gasteiger partial charge in [0.05, 0.1) is 17.2 Å². The van der Waals surface area contributed by atoms with E-state index in [4.69, 9.17) is 16.9 Å². The molecule has 0 aliphatic heterocycles. The third-order valence-electron chi connectivity index (χ3n) is 2.47. The van der Waals surface area contributed by atoms with Crippen molar-refractivity contribution < 1.29 is 13.2 Å². The van der Waals surface area contributed by atoms with E-state index in [9.17, 15) is 13.2 Å². The van der Waals surface area contributed by atoms with E-state index in [-0.39, 0.29) is 5.56 Å². The Bertz CT molecular complexity index is 660. The molecular formula is C14H7ClF3NS. The van der Waals surface area contributed by atoms with Gasteiger partial charge in [-0.05, 0) is 42.5 Å². The topological polar surface area (TPSA) is 23.8 Å². The number of nitrogens with zero attached hydrogens (tertiary/aromatic N) is 1. The molecule has 0 saturated carbocycles. The van der Waals surface area contributed by atoms with Gasteiger partial charge in [0.2, 0.25) is 0 Å². The van der Waals surface area contributed by atoms with Crippen LogP contribution >= 0.6 is 23.4 Å². The van der Waals surface area contributed by atoms with Crippen LogP contribution in [-0.4, -0.2) is 0 Å². The van der Waals surface area contributed by atoms with Crippen molar-refractivity contribution in [2.45, 2.75) is 16.0 Å². The summed E-state index contributed by atoms with van der Waals surface area (Å²) >= 11 is 6.92. The van der Waals surface area contributed by atoms with Crippen molar-refractivity contribution in [2.24, 2.45) is 0 Å². The minimum Gasteiger partial charge on any atom is -0.192 e. The van der Waals surface area contributed by atoms with Crippen molar-refractivity contribution in [1.29, 1.82) is 5.26 Å². The second-order valence-corrected chi connectivity index (χ2v) is 5.46. The fraction of sp³-hybridized carbons (Fsp3) is 0.0714. The maximum absolute atomic E-state index is 12.8. The zero-order valence-electron chi connectivity index (χ0n) is 9.91. The molecule has 0 fully saturated rings. The molecule has 0 amide bonds. The van der Waals surface area contributed by atoms with Gasteiger partial charge in [-0.2, -0.15) is 18.4 Å². The van der Waals surface area contributed by atoms with E-state index in [1.54, 1.807) is 30.3 Å². The van der Waals surface area contributed by atoms with Crippen LogP contribution in [0.2, 0.25) is 5.02 Å². The standard InChI is InChI=1S/C14H7ClF3NS/c15-10-2-5-11(6-3-10)20-12-4-1-9(8-19)13(7-12)14(16,17)18/h1-7H. The third kappa shape index (κ3) is 3.47. The molecule has 20 heavy (non-hydrogen) atoms. The Balaban J connectivity index is 2.34. The highest BCUT2D eigenvalue weighted by atomic mass is 35.5. The zero-order valence-corrected chi connectivity index (χ0v) is 11.5. The van der Waals surface area contributed by atoms with Crippen LogP contribution in [0.25, 0.3) is 0 Å². The number of hydrogen-bond acceptors (Lipinski definition) is 2. The smallest absolute Gasteiger partial charge is 0.192 e. The van der Waals surface area contributed by atoms with Gasteiger partial charge in [0.1, 0.15) is 0 Å². The summed E-state index contributed by atoms with van der Waals surface area (Å²) in [4.78, 5) is 1.19. The van der Waals surface area contributed by atoms with E-state index in [1.165, 1.54) is 23.9 Å². The second-order valence-electron chi connectivity index (χ2n) is 3.87. The van der Waals surface area contributed by atoms with E-state index in [0.717, 1.165) is 11.0 Å². The minimum absolute atomic E-state index is 0.377. The molecule has 0 spiro atoms. The summed E-state index contributed by atoms with van der Waals surface area (Å²) < 4.78 is 38.5. The lowest BCUT2D eigenvalue weighted by molar-refractivity contribution is -0.137. The van der Waals surface area contributed by atoms with Crippen molar-refractivity contribution in [3.8, 4) is 6.07 Å². The predicted octanol–water partition coefficient (Wildman–Crippen LogP) is 5.38. The molecule has 2 rings (SSSR count). The molecule has 6 heteroatoms. The van der Waals surface area contributed by atoms with Crippen LogP contribution in [0, 0.1) is 11.3 Å². The van der Waals surface area contributed by atoms with Gasteiger partial charge in [0.15, 0.2) is 0 Å². The average molecular weight is 314 g/mol. The van der Waals surface area contributed by atoms with Crippen LogP contribution in [0.3, 0.4) is 0 Å². The van der Waals surface area contributed by atoms with Gasteiger partial charge < -0.3 is 0 Å². The molecule has 0 N–H and O–H groups in total. The summed E-state index contributed by atoms with van der Waals surface area (Å²) in [5.41, 5.74) is -1.29. The lowest BCUT2D eigenvalue weighted by Gasteiger charge is -2.10. The SMILES string of the molecule is N#Cc1ccc(Sc2ccc(Cl)cc2)cc1C(F)(F)F. The number of halogens is 4. The monoisotopic (exact) mass is 313 g/mol. The molecule has 0 unspecified atom stereocenters. The molecule has 1 nitrogen and oxygen atoms in total. The molecular weight excluding hydrogens is 307 g/mol. The molecule has 102 valence electrons. The molecule has 2 aromatic carbocycles. The summed E-state index contributed by atoms with van der Waals surface area (Å²) in [5.74, 6) is 0. The number of rotatable bonds is 2. The predicted molar refractivity (Wildman–Crippen MR) is 71.7 cm³/mol. The first-order valence-electron chi connectivity index (χ1n) is 5.45. The van der Waals surface area contributed by atoms with Crippen LogP contribution in [-0.2, 0) is 6.18 Å². The Morgan fingerprint density at radius 1 is 1.00 bits per heavy atom. The van der Waals surface area contributed by atoms with Gasteiger partial charge >= 0.3 is 6.18 Å². The molecule has 0 heterocycles. The minimum atomic E-state index is -4.54. The maximum atomic E-state index is 12.8. The molecule has 0 aliphatic rings. The Hall–Kier alpha value is -1.64. The van der Waals surface area contributed by atoms with Crippen LogP contribution in [0.5, 0.6) is 0 Å². The first-order chi connectivity index (χ1) is 9.40. The van der Waals surface area contributed by atoms with Gasteiger partial charge in [-0.3, -0.25) is 0 Å². The second kappa shape index (κ2) is 5.78. The Kier molecular flexibility index (Phi) is 4.26. The fourth-order valence-electron chi connectivity index (χ4n) is 1.56. The largest absolute Gasteiger partial charge is 0.417 e. The Morgan fingerprint density at radius 2 is 1.60 bits per heavy atom. The van der Waals surface area contributed by atoms with Crippen LogP contribution in [0.1, 0.15) is 11.1 Å². The summed E-state index contributed by atoms with van der Waals surface area (Å²) in [5, 5.41) is 9.28. The molecule has 0 radical (unpaired) electrons. The molecule has 0 aromatic heterocycles. The number of benzene rings is 2. The number of nitriles is 1. The number of alkyl halides is 3. The van der Waals surface area contributed by atoms with E-state index in [0.29, 0.717) is 9.92 Å². The summed E-state index contributed by atoms with van der Waals surface area (Å²) in [6.45, 7) is 0. The van der Waals surface area contributed by atoms with Crippen molar-refractivity contribution in [3.63, 3.8) is 0 Å². The van der Waals surface area contributed by atoms with Crippen LogP contribution in [0.15, 0.2) is 52.3 Å². The molecule has 0 saturated heterocycles. The van der Waals surface area contributed by atoms with Crippen LogP contribution in [0.4, 0.5) is 13.2 Å².